The van der Waals surface area contributed by atoms with Crippen LogP contribution in [-0.4, -0.2) is 21.8 Å². The van der Waals surface area contributed by atoms with Gasteiger partial charge in [-0.15, -0.1) is 0 Å². The van der Waals surface area contributed by atoms with Gasteiger partial charge < -0.3 is 9.80 Å². The van der Waals surface area contributed by atoms with Gasteiger partial charge in [-0.3, -0.25) is 0 Å². The van der Waals surface area contributed by atoms with Gasteiger partial charge in [0.15, 0.2) is 0 Å². The molecule has 4 rings (SSSR count). The molecule has 0 amide bonds. The summed E-state index contributed by atoms with van der Waals surface area (Å²) < 4.78 is 7.51. The number of hydrogen-bond donors (Lipinski definition) is 0. The Morgan fingerprint density at radius 3 is 1.62 bits per heavy atom. The van der Waals surface area contributed by atoms with Crippen LogP contribution in [0.15, 0.2) is 72.8 Å². The van der Waals surface area contributed by atoms with Gasteiger partial charge in [-0.2, -0.15) is 0 Å². The average molecular weight is 627 g/mol. The van der Waals surface area contributed by atoms with E-state index in [9.17, 15) is 0 Å². The zero-order valence-electron chi connectivity index (χ0n) is 23.0. The molecule has 6 heteroatoms. The van der Waals surface area contributed by atoms with E-state index in [2.05, 4.69) is 107 Å². The largest absolute Gasteiger partial charge is 0.333 e. The summed E-state index contributed by atoms with van der Waals surface area (Å²) in [7, 11) is 11.6. The van der Waals surface area contributed by atoms with Crippen LogP contribution >= 0.6 is 19.4 Å². The van der Waals surface area contributed by atoms with E-state index in [1.54, 1.807) is 0 Å². The van der Waals surface area contributed by atoms with Crippen LogP contribution < -0.4 is 14.5 Å². The summed E-state index contributed by atoms with van der Waals surface area (Å²) in [5.74, 6) is 0.850. The van der Waals surface area contributed by atoms with Crippen LogP contribution in [0.4, 0.5) is 11.4 Å². The quantitative estimate of drug-likeness (QED) is 0.264. The SMILES string of the molecule is CC(C)Oc1ccccc1[CH]=[Ru]([Cl])[Cl].Cc1ccccc1N1[C]N(c2ccccc2C)C(C)(C)C1(C)C. The van der Waals surface area contributed by atoms with Gasteiger partial charge in [0.1, 0.15) is 0 Å². The Morgan fingerprint density at radius 2 is 1.19 bits per heavy atom. The standard InChI is InChI=1S/C21H26N2.C10H12O.2ClH.Ru/c1-16-11-7-9-13-18(16)22-15-23(21(5,6)20(22,3)4)19-14-10-8-12-17(19)2;1-8(2)11-10-7-5-4-6-9(10)3;;;/h7-14H,1-6H3;3-8H,1-2H3;2*1H;/q;;;;+2/p-2. The van der Waals surface area contributed by atoms with Gasteiger partial charge >= 0.3 is 97.8 Å². The summed E-state index contributed by atoms with van der Waals surface area (Å²) in [6.45, 7) is 21.2. The molecule has 0 spiro atoms. The normalized spacial score (nSPS) is 16.2. The predicted molar refractivity (Wildman–Crippen MR) is 158 cm³/mol. The second kappa shape index (κ2) is 12.3. The monoisotopic (exact) mass is 626 g/mol. The molecule has 1 fully saturated rings. The smallest absolute Gasteiger partial charge is 0.209 e. The number of aryl methyl sites for hydroxylation is 2. The van der Waals surface area contributed by atoms with Crippen molar-refractivity contribution in [3.05, 3.63) is 96.2 Å². The fourth-order valence-electron chi connectivity index (χ4n) is 4.25. The number of rotatable bonds is 5. The molecule has 2 radical (unpaired) electrons. The van der Waals surface area contributed by atoms with E-state index in [0.29, 0.717) is 0 Å². The fraction of sp³-hybridized carbons (Fsp3) is 0.355. The van der Waals surface area contributed by atoms with E-state index in [-0.39, 0.29) is 17.2 Å². The van der Waals surface area contributed by atoms with Gasteiger partial charge in [0.25, 0.3) is 0 Å². The molecule has 1 saturated heterocycles. The second-order valence-electron chi connectivity index (χ2n) is 10.5. The molecule has 0 unspecified atom stereocenters. The van der Waals surface area contributed by atoms with Crippen molar-refractivity contribution in [2.45, 2.75) is 72.6 Å². The first kappa shape index (κ1) is 29.7. The Morgan fingerprint density at radius 1 is 0.757 bits per heavy atom. The molecule has 37 heavy (non-hydrogen) atoms. The molecule has 3 nitrogen and oxygen atoms in total. The Labute approximate surface area is 236 Å². The topological polar surface area (TPSA) is 15.7 Å². The number of halogens is 2. The number of nitrogens with zero attached hydrogens (tertiary/aromatic N) is 2. The minimum Gasteiger partial charge on any atom is -0.333 e. The van der Waals surface area contributed by atoms with Crippen molar-refractivity contribution in [3.8, 4) is 5.75 Å². The maximum atomic E-state index is 5.82. The van der Waals surface area contributed by atoms with Crippen molar-refractivity contribution in [2.24, 2.45) is 0 Å². The Bertz CT molecular complexity index is 1170. The number of ether oxygens (including phenoxy) is 1. The van der Waals surface area contributed by atoms with Gasteiger partial charge in [-0.05, 0) is 64.8 Å². The third kappa shape index (κ3) is 6.77. The van der Waals surface area contributed by atoms with Crippen LogP contribution in [0.1, 0.15) is 58.2 Å². The van der Waals surface area contributed by atoms with Gasteiger partial charge in [-0.1, -0.05) is 36.4 Å². The summed E-state index contributed by atoms with van der Waals surface area (Å²) in [6.07, 6.45) is 0.163. The molecule has 0 aromatic heterocycles. The van der Waals surface area contributed by atoms with Crippen molar-refractivity contribution < 1.29 is 18.3 Å². The molecule has 1 aliphatic heterocycles. The van der Waals surface area contributed by atoms with E-state index >= 15 is 0 Å². The van der Waals surface area contributed by atoms with Gasteiger partial charge in [0, 0.05) is 11.4 Å². The molecule has 0 aliphatic carbocycles. The molecule has 200 valence electrons. The molecule has 0 saturated carbocycles. The van der Waals surface area contributed by atoms with Crippen LogP contribution in [0.25, 0.3) is 0 Å². The number of para-hydroxylation sites is 3. The van der Waals surface area contributed by atoms with Gasteiger partial charge in [0.2, 0.25) is 6.67 Å². The summed E-state index contributed by atoms with van der Waals surface area (Å²) >= 11 is -1.77. The molecule has 3 aromatic carbocycles. The van der Waals surface area contributed by atoms with Crippen LogP contribution in [0.2, 0.25) is 0 Å². The zero-order chi connectivity index (χ0) is 27.4. The van der Waals surface area contributed by atoms with Crippen molar-refractivity contribution in [1.29, 1.82) is 0 Å². The molecular formula is C31H38Cl2N2ORu. The second-order valence-corrected chi connectivity index (χ2v) is 16.2. The van der Waals surface area contributed by atoms with Crippen LogP contribution in [-0.2, 0) is 13.5 Å². The third-order valence-electron chi connectivity index (χ3n) is 7.00. The van der Waals surface area contributed by atoms with Crippen LogP contribution in [0.5, 0.6) is 5.75 Å². The van der Waals surface area contributed by atoms with Crippen LogP contribution in [0, 0.1) is 20.5 Å². The first-order valence-corrected chi connectivity index (χ1v) is 17.9. The molecule has 0 N–H and O–H groups in total. The van der Waals surface area contributed by atoms with E-state index in [4.69, 9.17) is 24.1 Å². The summed E-state index contributed by atoms with van der Waals surface area (Å²) in [4.78, 5) is 4.60. The minimum atomic E-state index is -1.77. The Kier molecular flexibility index (Phi) is 9.89. The van der Waals surface area contributed by atoms with Crippen LogP contribution in [0.3, 0.4) is 0 Å². The molecular weight excluding hydrogens is 588 g/mol. The number of anilines is 2. The van der Waals surface area contributed by atoms with E-state index in [1.165, 1.54) is 22.5 Å². The summed E-state index contributed by atoms with van der Waals surface area (Å²) in [6, 6.07) is 24.8. The first-order valence-electron chi connectivity index (χ1n) is 12.4. The predicted octanol–water partition coefficient (Wildman–Crippen LogP) is 8.73. The Hall–Kier alpha value is -1.87. The van der Waals surface area contributed by atoms with Gasteiger partial charge in [-0.25, -0.2) is 0 Å². The zero-order valence-corrected chi connectivity index (χ0v) is 26.2. The van der Waals surface area contributed by atoms with Crippen molar-refractivity contribution >= 4 is 35.4 Å². The van der Waals surface area contributed by atoms with E-state index in [0.717, 1.165) is 11.3 Å². The van der Waals surface area contributed by atoms with E-state index < -0.39 is 13.5 Å². The first-order chi connectivity index (χ1) is 17.4. The molecule has 1 aliphatic rings. The minimum absolute atomic E-state index is 0.0819. The summed E-state index contributed by atoms with van der Waals surface area (Å²) in [5.41, 5.74) is 5.82. The van der Waals surface area contributed by atoms with Gasteiger partial charge in [0.05, 0.1) is 11.1 Å². The molecule has 1 heterocycles. The number of hydrogen-bond acceptors (Lipinski definition) is 3. The Balaban J connectivity index is 0.000000233. The van der Waals surface area contributed by atoms with Crippen molar-refractivity contribution in [3.63, 3.8) is 0 Å². The van der Waals surface area contributed by atoms with E-state index in [1.807, 2.05) is 42.7 Å². The average Bonchev–Trinajstić information content (AvgIpc) is 3.00. The summed E-state index contributed by atoms with van der Waals surface area (Å²) in [5, 5.41) is 0. The molecule has 3 aromatic rings. The fourth-order valence-corrected chi connectivity index (χ4v) is 6.05. The maximum absolute atomic E-state index is 5.82. The number of benzene rings is 3. The third-order valence-corrected chi connectivity index (χ3v) is 8.83. The molecule has 0 atom stereocenters. The van der Waals surface area contributed by atoms with Crippen molar-refractivity contribution in [2.75, 3.05) is 9.80 Å². The maximum Gasteiger partial charge on any atom is 0.209 e. The van der Waals surface area contributed by atoms with Crippen molar-refractivity contribution in [1.82, 2.24) is 0 Å². The molecule has 0 bridgehead atoms.